The van der Waals surface area contributed by atoms with Crippen molar-refractivity contribution in [1.82, 2.24) is 24.6 Å². The third-order valence-electron chi connectivity index (χ3n) is 6.15. The quantitative estimate of drug-likeness (QED) is 0.527. The normalized spacial score (nSPS) is 14.5. The Morgan fingerprint density at radius 1 is 1.03 bits per heavy atom. The van der Waals surface area contributed by atoms with E-state index in [2.05, 4.69) is 15.0 Å². The molecule has 0 radical (unpaired) electrons. The maximum Gasteiger partial charge on any atom is 0.260 e. The van der Waals surface area contributed by atoms with E-state index in [0.29, 0.717) is 48.6 Å². The van der Waals surface area contributed by atoms with Crippen LogP contribution in [0.5, 0.6) is 0 Å². The molecule has 0 bridgehead atoms. The van der Waals surface area contributed by atoms with Crippen molar-refractivity contribution in [1.29, 1.82) is 0 Å². The lowest BCUT2D eigenvalue weighted by molar-refractivity contribution is 0.0766. The summed E-state index contributed by atoms with van der Waals surface area (Å²) in [5.74, 6) is 0.543. The molecular formula is C25H26N6O2. The number of anilines is 1. The van der Waals surface area contributed by atoms with Gasteiger partial charge in [-0.05, 0) is 50.1 Å². The average molecular weight is 443 g/mol. The second kappa shape index (κ2) is 8.54. The molecule has 2 aromatic carbocycles. The summed E-state index contributed by atoms with van der Waals surface area (Å²) >= 11 is 0. The van der Waals surface area contributed by atoms with Gasteiger partial charge in [-0.15, -0.1) is 0 Å². The summed E-state index contributed by atoms with van der Waals surface area (Å²) < 4.78 is 1.72. The molecule has 1 saturated heterocycles. The Labute approximate surface area is 191 Å². The molecule has 1 aliphatic heterocycles. The van der Waals surface area contributed by atoms with Crippen LogP contribution in [0.2, 0.25) is 0 Å². The van der Waals surface area contributed by atoms with Crippen LogP contribution < -0.4 is 10.5 Å². The molecule has 1 fully saturated rings. The molecule has 1 aliphatic rings. The molecule has 8 nitrogen and oxygen atoms in total. The number of hydrogen-bond acceptors (Lipinski definition) is 5. The summed E-state index contributed by atoms with van der Waals surface area (Å²) in [5, 5.41) is 4.93. The molecule has 168 valence electrons. The standard InChI is InChI=1S/C25H26N6O2/c1-17-8-9-21(31-13-4-10-26-31)19(16-17)24(33)29-11-5-12-30(15-14-29)25-27-20-7-3-6-18(2)22(20)23(32)28-25/h3-4,6-10,13,16H,5,11-12,14-15H2,1-2H3,(H,27,28,32). The number of carbonyl (C=O) groups excluding carboxylic acids is 1. The van der Waals surface area contributed by atoms with Gasteiger partial charge in [-0.3, -0.25) is 14.6 Å². The number of nitrogens with zero attached hydrogens (tertiary/aromatic N) is 5. The molecule has 2 aromatic heterocycles. The van der Waals surface area contributed by atoms with Crippen molar-refractivity contribution < 1.29 is 4.79 Å². The van der Waals surface area contributed by atoms with Crippen molar-refractivity contribution in [2.24, 2.45) is 0 Å². The highest BCUT2D eigenvalue weighted by atomic mass is 16.2. The number of rotatable bonds is 3. The van der Waals surface area contributed by atoms with Crippen LogP contribution >= 0.6 is 0 Å². The SMILES string of the molecule is Cc1ccc(-n2cccn2)c(C(=O)N2CCCN(c3nc4cccc(C)c4c(=O)[nH]3)CC2)c1. The highest BCUT2D eigenvalue weighted by molar-refractivity contribution is 5.98. The monoisotopic (exact) mass is 442 g/mol. The largest absolute Gasteiger partial charge is 0.340 e. The van der Waals surface area contributed by atoms with Gasteiger partial charge in [0.25, 0.3) is 11.5 Å². The minimum Gasteiger partial charge on any atom is -0.340 e. The number of amides is 1. The van der Waals surface area contributed by atoms with Gasteiger partial charge in [0.15, 0.2) is 0 Å². The number of aryl methyl sites for hydroxylation is 2. The molecule has 0 saturated carbocycles. The summed E-state index contributed by atoms with van der Waals surface area (Å²) in [6, 6.07) is 13.4. The smallest absolute Gasteiger partial charge is 0.260 e. The van der Waals surface area contributed by atoms with Crippen LogP contribution in [0, 0.1) is 13.8 Å². The van der Waals surface area contributed by atoms with Crippen LogP contribution in [-0.2, 0) is 0 Å². The molecule has 3 heterocycles. The molecule has 0 spiro atoms. The first-order chi connectivity index (χ1) is 16.0. The van der Waals surface area contributed by atoms with Gasteiger partial charge < -0.3 is 9.80 Å². The van der Waals surface area contributed by atoms with Crippen molar-refractivity contribution in [2.45, 2.75) is 20.3 Å². The number of H-pyrrole nitrogens is 1. The lowest BCUT2D eigenvalue weighted by atomic mass is 10.1. The van der Waals surface area contributed by atoms with Gasteiger partial charge in [-0.1, -0.05) is 23.8 Å². The van der Waals surface area contributed by atoms with Crippen LogP contribution in [0.3, 0.4) is 0 Å². The topological polar surface area (TPSA) is 87.1 Å². The van der Waals surface area contributed by atoms with Gasteiger partial charge in [-0.25, -0.2) is 9.67 Å². The van der Waals surface area contributed by atoms with E-state index in [1.807, 2.05) is 67.4 Å². The molecule has 8 heteroatoms. The second-order valence-electron chi connectivity index (χ2n) is 8.46. The zero-order chi connectivity index (χ0) is 22.9. The van der Waals surface area contributed by atoms with Crippen molar-refractivity contribution in [2.75, 3.05) is 31.1 Å². The Kier molecular flexibility index (Phi) is 5.42. The highest BCUT2D eigenvalue weighted by Crippen LogP contribution is 2.21. The van der Waals surface area contributed by atoms with Gasteiger partial charge >= 0.3 is 0 Å². The Balaban J connectivity index is 1.40. The number of benzene rings is 2. The molecular weight excluding hydrogens is 416 g/mol. The highest BCUT2D eigenvalue weighted by Gasteiger charge is 2.24. The van der Waals surface area contributed by atoms with Crippen LogP contribution in [0.25, 0.3) is 16.6 Å². The Bertz CT molecular complexity index is 1380. The maximum absolute atomic E-state index is 13.5. The van der Waals surface area contributed by atoms with Gasteiger partial charge in [0, 0.05) is 38.6 Å². The van der Waals surface area contributed by atoms with Crippen molar-refractivity contribution in [3.63, 3.8) is 0 Å². The first kappa shape index (κ1) is 20.9. The van der Waals surface area contributed by atoms with Crippen LogP contribution in [0.4, 0.5) is 5.95 Å². The first-order valence-corrected chi connectivity index (χ1v) is 11.2. The fourth-order valence-electron chi connectivity index (χ4n) is 4.43. The zero-order valence-electron chi connectivity index (χ0n) is 18.8. The van der Waals surface area contributed by atoms with Gasteiger partial charge in [0.1, 0.15) is 0 Å². The van der Waals surface area contributed by atoms with E-state index >= 15 is 0 Å². The fourth-order valence-corrected chi connectivity index (χ4v) is 4.43. The molecule has 0 aliphatic carbocycles. The molecule has 4 aromatic rings. The minimum atomic E-state index is -0.131. The average Bonchev–Trinajstić information content (AvgIpc) is 3.22. The molecule has 1 N–H and O–H groups in total. The summed E-state index contributed by atoms with van der Waals surface area (Å²) in [7, 11) is 0. The van der Waals surface area contributed by atoms with Crippen LogP contribution in [0.15, 0.2) is 59.7 Å². The molecule has 33 heavy (non-hydrogen) atoms. The van der Waals surface area contributed by atoms with E-state index in [1.165, 1.54) is 0 Å². The first-order valence-electron chi connectivity index (χ1n) is 11.2. The van der Waals surface area contributed by atoms with E-state index in [1.54, 1.807) is 10.9 Å². The summed E-state index contributed by atoms with van der Waals surface area (Å²) in [6.07, 6.45) is 4.33. The predicted molar refractivity (Wildman–Crippen MR) is 128 cm³/mol. The van der Waals surface area contributed by atoms with Crippen LogP contribution in [0.1, 0.15) is 27.9 Å². The fraction of sp³-hybridized carbons (Fsp3) is 0.280. The molecule has 5 rings (SSSR count). The van der Waals surface area contributed by atoms with E-state index in [0.717, 1.165) is 23.2 Å². The molecule has 0 unspecified atom stereocenters. The third-order valence-corrected chi connectivity index (χ3v) is 6.15. The van der Waals surface area contributed by atoms with E-state index < -0.39 is 0 Å². The number of fused-ring (bicyclic) bond motifs is 1. The van der Waals surface area contributed by atoms with Gasteiger partial charge in [-0.2, -0.15) is 5.10 Å². The lowest BCUT2D eigenvalue weighted by Gasteiger charge is -2.23. The second-order valence-corrected chi connectivity index (χ2v) is 8.46. The molecule has 0 atom stereocenters. The maximum atomic E-state index is 13.5. The summed E-state index contributed by atoms with van der Waals surface area (Å²) in [5.41, 5.74) is 3.90. The Morgan fingerprint density at radius 2 is 1.91 bits per heavy atom. The Morgan fingerprint density at radius 3 is 2.73 bits per heavy atom. The predicted octanol–water partition coefficient (Wildman–Crippen LogP) is 3.08. The van der Waals surface area contributed by atoms with Crippen molar-refractivity contribution >= 4 is 22.8 Å². The summed E-state index contributed by atoms with van der Waals surface area (Å²) in [4.78, 5) is 37.8. The van der Waals surface area contributed by atoms with Gasteiger partial charge in [0.05, 0.1) is 22.2 Å². The third kappa shape index (κ3) is 4.00. The number of hydrogen-bond donors (Lipinski definition) is 1. The lowest BCUT2D eigenvalue weighted by Crippen LogP contribution is -2.36. The Hall–Kier alpha value is -3.94. The molecule has 1 amide bonds. The number of aromatic nitrogens is 4. The van der Waals surface area contributed by atoms with Gasteiger partial charge in [0.2, 0.25) is 5.95 Å². The van der Waals surface area contributed by atoms with E-state index in [-0.39, 0.29) is 11.5 Å². The minimum absolute atomic E-state index is 0.0124. The van der Waals surface area contributed by atoms with Crippen molar-refractivity contribution in [3.05, 3.63) is 81.9 Å². The van der Waals surface area contributed by atoms with E-state index in [9.17, 15) is 9.59 Å². The number of nitrogens with one attached hydrogen (secondary N) is 1. The van der Waals surface area contributed by atoms with Crippen molar-refractivity contribution in [3.8, 4) is 5.69 Å². The number of aromatic amines is 1. The number of carbonyl (C=O) groups is 1. The van der Waals surface area contributed by atoms with Crippen LogP contribution in [-0.4, -0.2) is 56.7 Å². The van der Waals surface area contributed by atoms with E-state index in [4.69, 9.17) is 4.98 Å². The zero-order valence-corrected chi connectivity index (χ0v) is 18.8. The summed E-state index contributed by atoms with van der Waals surface area (Å²) in [6.45, 7) is 6.38.